The van der Waals surface area contributed by atoms with Crippen molar-refractivity contribution < 1.29 is 0 Å². The molecule has 0 radical (unpaired) electrons. The Hall–Kier alpha value is -1.37. The van der Waals surface area contributed by atoms with Gasteiger partial charge in [0.05, 0.1) is 0 Å². The zero-order chi connectivity index (χ0) is 12.2. The standard InChI is InChI=1S/C9H7N.C4H10.C2H6/c1-2-4-9-7-10-6-5-8(9)3-1;1-3-4-2;1-2/h1-7H;3-4H2,1-2H3;1-2H3. The molecule has 1 nitrogen and oxygen atoms in total. The van der Waals surface area contributed by atoms with Crippen LogP contribution in [0.3, 0.4) is 0 Å². The summed E-state index contributed by atoms with van der Waals surface area (Å²) in [6, 6.07) is 10.2. The molecule has 0 amide bonds. The largest absolute Gasteiger partial charge is 0.264 e. The van der Waals surface area contributed by atoms with Crippen LogP contribution in [0.4, 0.5) is 0 Å². The Morgan fingerprint density at radius 3 is 1.94 bits per heavy atom. The van der Waals surface area contributed by atoms with E-state index in [9.17, 15) is 0 Å². The zero-order valence-corrected chi connectivity index (χ0v) is 10.9. The predicted molar refractivity (Wildman–Crippen MR) is 73.7 cm³/mol. The third-order valence-corrected chi connectivity index (χ3v) is 2.05. The van der Waals surface area contributed by atoms with Crippen molar-refractivity contribution in [1.82, 2.24) is 4.98 Å². The molecule has 0 N–H and O–H groups in total. The SMILES string of the molecule is CC.CCCC.c1ccc2cnccc2c1. The number of rotatable bonds is 1. The number of unbranched alkanes of at least 4 members (excludes halogenated alkanes) is 1. The van der Waals surface area contributed by atoms with Gasteiger partial charge in [0, 0.05) is 12.4 Å². The van der Waals surface area contributed by atoms with Crippen LogP contribution < -0.4 is 0 Å². The Balaban J connectivity index is 0.000000323. The van der Waals surface area contributed by atoms with Crippen LogP contribution in [0.1, 0.15) is 40.5 Å². The van der Waals surface area contributed by atoms with Gasteiger partial charge in [0.2, 0.25) is 0 Å². The van der Waals surface area contributed by atoms with Crippen molar-refractivity contribution in [2.45, 2.75) is 40.5 Å². The molecule has 0 fully saturated rings. The number of hydrogen-bond acceptors (Lipinski definition) is 1. The van der Waals surface area contributed by atoms with E-state index in [0.717, 1.165) is 0 Å². The summed E-state index contributed by atoms with van der Waals surface area (Å²) in [5, 5.41) is 2.45. The van der Waals surface area contributed by atoms with Crippen molar-refractivity contribution in [3.8, 4) is 0 Å². The molecule has 0 atom stereocenters. The van der Waals surface area contributed by atoms with Gasteiger partial charge in [-0.2, -0.15) is 0 Å². The van der Waals surface area contributed by atoms with Crippen LogP contribution in [0.2, 0.25) is 0 Å². The van der Waals surface area contributed by atoms with Gasteiger partial charge in [-0.15, -0.1) is 0 Å². The van der Waals surface area contributed by atoms with E-state index in [0.29, 0.717) is 0 Å². The molecule has 2 rings (SSSR count). The monoisotopic (exact) mass is 217 g/mol. The first-order valence-corrected chi connectivity index (χ1v) is 6.17. The van der Waals surface area contributed by atoms with Crippen molar-refractivity contribution in [2.75, 3.05) is 0 Å². The third kappa shape index (κ3) is 5.50. The first kappa shape index (κ1) is 14.6. The van der Waals surface area contributed by atoms with Crippen LogP contribution in [0.15, 0.2) is 42.7 Å². The summed E-state index contributed by atoms with van der Waals surface area (Å²) in [5.41, 5.74) is 0. The number of benzene rings is 1. The molecular formula is C15H23N. The summed E-state index contributed by atoms with van der Waals surface area (Å²) in [4.78, 5) is 4.01. The Bertz CT molecular complexity index is 301. The molecular weight excluding hydrogens is 194 g/mol. The van der Waals surface area contributed by atoms with Gasteiger partial charge in [-0.25, -0.2) is 0 Å². The maximum Gasteiger partial charge on any atom is 0.0346 e. The summed E-state index contributed by atoms with van der Waals surface area (Å²) < 4.78 is 0. The van der Waals surface area contributed by atoms with Crippen LogP contribution >= 0.6 is 0 Å². The smallest absolute Gasteiger partial charge is 0.0346 e. The fourth-order valence-electron chi connectivity index (χ4n) is 1.03. The van der Waals surface area contributed by atoms with Gasteiger partial charge < -0.3 is 0 Å². The van der Waals surface area contributed by atoms with Crippen molar-refractivity contribution in [3.63, 3.8) is 0 Å². The van der Waals surface area contributed by atoms with E-state index < -0.39 is 0 Å². The van der Waals surface area contributed by atoms with Crippen LogP contribution in [0.25, 0.3) is 10.8 Å². The Labute approximate surface area is 99.5 Å². The summed E-state index contributed by atoms with van der Waals surface area (Å²) in [6.07, 6.45) is 6.32. The second kappa shape index (κ2) is 10.2. The summed E-state index contributed by atoms with van der Waals surface area (Å²) in [5.74, 6) is 0. The van der Waals surface area contributed by atoms with Crippen molar-refractivity contribution in [3.05, 3.63) is 42.7 Å². The molecule has 0 aliphatic heterocycles. The topological polar surface area (TPSA) is 12.9 Å². The molecule has 1 heteroatoms. The van der Waals surface area contributed by atoms with Crippen LogP contribution in [-0.2, 0) is 0 Å². The van der Waals surface area contributed by atoms with Gasteiger partial charge >= 0.3 is 0 Å². The summed E-state index contributed by atoms with van der Waals surface area (Å²) in [6.45, 7) is 8.36. The van der Waals surface area contributed by atoms with Crippen LogP contribution in [0, 0.1) is 0 Å². The molecule has 2 aromatic rings. The lowest BCUT2D eigenvalue weighted by Gasteiger charge is -1.91. The first-order valence-electron chi connectivity index (χ1n) is 6.17. The van der Waals surface area contributed by atoms with Crippen LogP contribution in [-0.4, -0.2) is 4.98 Å². The predicted octanol–water partition coefficient (Wildman–Crippen LogP) is 5.07. The van der Waals surface area contributed by atoms with E-state index >= 15 is 0 Å². The molecule has 1 aromatic heterocycles. The molecule has 1 heterocycles. The normalized spacial score (nSPS) is 8.50. The van der Waals surface area contributed by atoms with Gasteiger partial charge in [0.1, 0.15) is 0 Å². The van der Waals surface area contributed by atoms with E-state index in [1.54, 1.807) is 0 Å². The molecule has 0 unspecified atom stereocenters. The highest BCUT2D eigenvalue weighted by molar-refractivity contribution is 5.80. The zero-order valence-electron chi connectivity index (χ0n) is 10.9. The first-order chi connectivity index (χ1) is 7.88. The molecule has 0 bridgehead atoms. The minimum absolute atomic E-state index is 1.20. The lowest BCUT2D eigenvalue weighted by atomic mass is 10.2. The minimum atomic E-state index is 1.20. The number of hydrogen-bond donors (Lipinski definition) is 0. The van der Waals surface area contributed by atoms with Gasteiger partial charge in [-0.1, -0.05) is 64.8 Å². The van der Waals surface area contributed by atoms with E-state index in [-0.39, 0.29) is 0 Å². The van der Waals surface area contributed by atoms with E-state index in [4.69, 9.17) is 0 Å². The number of aromatic nitrogens is 1. The molecule has 88 valence electrons. The minimum Gasteiger partial charge on any atom is -0.264 e. The maximum absolute atomic E-state index is 4.01. The molecule has 0 spiro atoms. The van der Waals surface area contributed by atoms with Gasteiger partial charge in [0.15, 0.2) is 0 Å². The van der Waals surface area contributed by atoms with Crippen molar-refractivity contribution >= 4 is 10.8 Å². The van der Waals surface area contributed by atoms with Crippen molar-refractivity contribution in [2.24, 2.45) is 0 Å². The highest BCUT2D eigenvalue weighted by Crippen LogP contribution is 2.09. The highest BCUT2D eigenvalue weighted by Gasteiger charge is 1.86. The number of nitrogens with zero attached hydrogens (tertiary/aromatic N) is 1. The average molecular weight is 217 g/mol. The van der Waals surface area contributed by atoms with E-state index in [1.807, 2.05) is 44.4 Å². The summed E-state index contributed by atoms with van der Waals surface area (Å²) in [7, 11) is 0. The fourth-order valence-corrected chi connectivity index (χ4v) is 1.03. The van der Waals surface area contributed by atoms with E-state index in [1.165, 1.54) is 23.6 Å². The second-order valence-electron chi connectivity index (χ2n) is 3.22. The molecule has 0 aliphatic rings. The summed E-state index contributed by atoms with van der Waals surface area (Å²) >= 11 is 0. The molecule has 16 heavy (non-hydrogen) atoms. The Kier molecular flexibility index (Phi) is 9.29. The molecule has 0 saturated heterocycles. The third-order valence-electron chi connectivity index (χ3n) is 2.05. The Morgan fingerprint density at radius 2 is 1.44 bits per heavy atom. The second-order valence-corrected chi connectivity index (χ2v) is 3.22. The quantitative estimate of drug-likeness (QED) is 0.650. The Morgan fingerprint density at radius 1 is 0.875 bits per heavy atom. The van der Waals surface area contributed by atoms with Gasteiger partial charge in [-0.05, 0) is 16.8 Å². The number of pyridine rings is 1. The van der Waals surface area contributed by atoms with Crippen LogP contribution in [0.5, 0.6) is 0 Å². The van der Waals surface area contributed by atoms with Crippen molar-refractivity contribution in [1.29, 1.82) is 0 Å². The highest BCUT2D eigenvalue weighted by atomic mass is 14.6. The van der Waals surface area contributed by atoms with E-state index in [2.05, 4.69) is 31.0 Å². The molecule has 0 aliphatic carbocycles. The lowest BCUT2D eigenvalue weighted by Crippen LogP contribution is -1.71. The lowest BCUT2D eigenvalue weighted by molar-refractivity contribution is 0.886. The van der Waals surface area contributed by atoms with Gasteiger partial charge in [-0.3, -0.25) is 4.98 Å². The molecule has 1 aromatic carbocycles. The fraction of sp³-hybridized carbons (Fsp3) is 0.400. The van der Waals surface area contributed by atoms with Gasteiger partial charge in [0.25, 0.3) is 0 Å². The number of fused-ring (bicyclic) bond motifs is 1. The average Bonchev–Trinajstić information content (AvgIpc) is 2.41. The maximum atomic E-state index is 4.01. The molecule has 0 saturated carbocycles.